The molecule has 0 N–H and O–H groups in total. The van der Waals surface area contributed by atoms with Crippen molar-refractivity contribution in [3.63, 3.8) is 0 Å². The van der Waals surface area contributed by atoms with Crippen molar-refractivity contribution in [2.24, 2.45) is 0 Å². The Morgan fingerprint density at radius 3 is 2.78 bits per heavy atom. The van der Waals surface area contributed by atoms with Gasteiger partial charge in [0, 0.05) is 0 Å². The highest BCUT2D eigenvalue weighted by Gasteiger charge is 2.18. The Kier molecular flexibility index (Phi) is 5.38. The summed E-state index contributed by atoms with van der Waals surface area (Å²) in [5, 5.41) is 0. The van der Waals surface area contributed by atoms with Crippen molar-refractivity contribution in [3.8, 4) is 0 Å². The summed E-state index contributed by atoms with van der Waals surface area (Å²) in [6, 6.07) is 1.55. The number of methoxy groups -OCH3 is 1. The average molecular weight is 255 g/mol. The van der Waals surface area contributed by atoms with Crippen LogP contribution >= 0.6 is 0 Å². The van der Waals surface area contributed by atoms with Gasteiger partial charge in [-0.1, -0.05) is 0 Å². The topological polar surface area (TPSA) is 69.0 Å². The zero-order valence-corrected chi connectivity index (χ0v) is 10.8. The summed E-state index contributed by atoms with van der Waals surface area (Å²) in [7, 11) is 3.06. The molecule has 0 aliphatic rings. The summed E-state index contributed by atoms with van der Waals surface area (Å²) in [4.78, 5) is 24.4. The maximum atomic E-state index is 11.6. The highest BCUT2D eigenvalue weighted by atomic mass is 16.5. The van der Waals surface area contributed by atoms with Crippen molar-refractivity contribution in [3.05, 3.63) is 23.7 Å². The van der Waals surface area contributed by atoms with Crippen LogP contribution in [0.3, 0.4) is 0 Å². The Balaban J connectivity index is 2.65. The van der Waals surface area contributed by atoms with E-state index in [1.54, 1.807) is 24.9 Å². The van der Waals surface area contributed by atoms with Gasteiger partial charge in [-0.15, -0.1) is 0 Å². The van der Waals surface area contributed by atoms with Crippen molar-refractivity contribution >= 4 is 11.9 Å². The monoisotopic (exact) mass is 255 g/mol. The molecule has 0 saturated heterocycles. The molecule has 0 atom stereocenters. The fraction of sp³-hybridized carbons (Fsp3) is 0.500. The predicted octanol–water partition coefficient (Wildman–Crippen LogP) is 1.06. The van der Waals surface area contributed by atoms with Crippen molar-refractivity contribution in [2.75, 3.05) is 27.3 Å². The number of carbonyl (C=O) groups is 2. The first-order valence-electron chi connectivity index (χ1n) is 5.57. The molecule has 0 aromatic carbocycles. The lowest BCUT2D eigenvalue weighted by molar-refractivity contribution is -0.141. The van der Waals surface area contributed by atoms with E-state index in [4.69, 9.17) is 9.15 Å². The van der Waals surface area contributed by atoms with Crippen LogP contribution in [0.1, 0.15) is 23.0 Å². The molecule has 6 nitrogen and oxygen atoms in total. The summed E-state index contributed by atoms with van der Waals surface area (Å²) in [6.45, 7) is 2.50. The number of hydrogen-bond donors (Lipinski definition) is 0. The standard InChI is InChI=1S/C12H17NO5/c1-4-17-12(15)9-5-6-18-10(9)7-13(2)8-11(14)16-3/h5-6H,4,7-8H2,1-3H3. The van der Waals surface area contributed by atoms with Gasteiger partial charge in [0.1, 0.15) is 11.3 Å². The fourth-order valence-corrected chi connectivity index (χ4v) is 1.44. The molecule has 0 radical (unpaired) electrons. The molecule has 0 fully saturated rings. The summed E-state index contributed by atoms with van der Waals surface area (Å²) in [5.41, 5.74) is 0.383. The Hall–Kier alpha value is -1.82. The zero-order valence-electron chi connectivity index (χ0n) is 10.8. The van der Waals surface area contributed by atoms with Crippen LogP contribution in [0.25, 0.3) is 0 Å². The molecule has 1 rings (SSSR count). The molecule has 1 aromatic heterocycles. The first kappa shape index (κ1) is 14.2. The molecule has 100 valence electrons. The molecule has 0 aliphatic heterocycles. The smallest absolute Gasteiger partial charge is 0.341 e. The lowest BCUT2D eigenvalue weighted by atomic mass is 10.2. The number of rotatable bonds is 6. The van der Waals surface area contributed by atoms with Crippen LogP contribution in [0, 0.1) is 0 Å². The van der Waals surface area contributed by atoms with E-state index in [1.165, 1.54) is 13.4 Å². The Morgan fingerprint density at radius 1 is 1.44 bits per heavy atom. The first-order chi connectivity index (χ1) is 8.58. The van der Waals surface area contributed by atoms with Crippen molar-refractivity contribution in [2.45, 2.75) is 13.5 Å². The quantitative estimate of drug-likeness (QED) is 0.708. The van der Waals surface area contributed by atoms with Crippen LogP contribution in [0.15, 0.2) is 16.7 Å². The SMILES string of the molecule is CCOC(=O)c1ccoc1CN(C)CC(=O)OC. The minimum atomic E-state index is -0.423. The average Bonchev–Trinajstić information content (AvgIpc) is 2.77. The van der Waals surface area contributed by atoms with Gasteiger partial charge >= 0.3 is 11.9 Å². The van der Waals surface area contributed by atoms with Gasteiger partial charge in [0.15, 0.2) is 0 Å². The minimum Gasteiger partial charge on any atom is -0.468 e. The molecule has 0 aliphatic carbocycles. The van der Waals surface area contributed by atoms with Gasteiger partial charge in [-0.25, -0.2) is 4.79 Å². The Labute approximate surface area is 105 Å². The summed E-state index contributed by atoms with van der Waals surface area (Å²) in [5.74, 6) is -0.297. The third-order valence-electron chi connectivity index (χ3n) is 2.28. The number of nitrogens with zero attached hydrogens (tertiary/aromatic N) is 1. The van der Waals surface area contributed by atoms with Crippen LogP contribution in [0.4, 0.5) is 0 Å². The number of hydrogen-bond acceptors (Lipinski definition) is 6. The number of furan rings is 1. The Morgan fingerprint density at radius 2 is 2.17 bits per heavy atom. The molecular weight excluding hydrogens is 238 g/mol. The van der Waals surface area contributed by atoms with Gasteiger partial charge in [0.05, 0.1) is 33.1 Å². The van der Waals surface area contributed by atoms with E-state index in [9.17, 15) is 9.59 Å². The normalized spacial score (nSPS) is 10.4. The van der Waals surface area contributed by atoms with Crippen molar-refractivity contribution in [1.29, 1.82) is 0 Å². The number of carbonyl (C=O) groups excluding carboxylic acids is 2. The van der Waals surface area contributed by atoms with Gasteiger partial charge in [-0.3, -0.25) is 9.69 Å². The highest BCUT2D eigenvalue weighted by Crippen LogP contribution is 2.14. The minimum absolute atomic E-state index is 0.124. The maximum Gasteiger partial charge on any atom is 0.341 e. The molecule has 0 bridgehead atoms. The molecule has 0 unspecified atom stereocenters. The van der Waals surface area contributed by atoms with Gasteiger partial charge in [0.2, 0.25) is 0 Å². The summed E-state index contributed by atoms with van der Waals surface area (Å²) in [6.07, 6.45) is 1.42. The van der Waals surface area contributed by atoms with E-state index in [1.807, 2.05) is 0 Å². The lowest BCUT2D eigenvalue weighted by Crippen LogP contribution is -2.26. The van der Waals surface area contributed by atoms with Crippen LogP contribution in [0.2, 0.25) is 0 Å². The van der Waals surface area contributed by atoms with Crippen molar-refractivity contribution in [1.82, 2.24) is 4.90 Å². The summed E-state index contributed by atoms with van der Waals surface area (Å²) < 4.78 is 14.7. The second-order valence-electron chi connectivity index (χ2n) is 3.73. The molecule has 18 heavy (non-hydrogen) atoms. The van der Waals surface area contributed by atoms with Crippen LogP contribution in [0.5, 0.6) is 0 Å². The number of ether oxygens (including phenoxy) is 2. The molecule has 0 amide bonds. The van der Waals surface area contributed by atoms with Crippen LogP contribution in [-0.2, 0) is 20.8 Å². The Bertz CT molecular complexity index is 412. The van der Waals surface area contributed by atoms with Crippen LogP contribution in [-0.4, -0.2) is 44.1 Å². The van der Waals surface area contributed by atoms with Crippen molar-refractivity contribution < 1.29 is 23.5 Å². The van der Waals surface area contributed by atoms with E-state index in [0.717, 1.165) is 0 Å². The van der Waals surface area contributed by atoms with Gasteiger partial charge in [-0.05, 0) is 20.0 Å². The number of likely N-dealkylation sites (N-methyl/N-ethyl adjacent to an activating group) is 1. The largest absolute Gasteiger partial charge is 0.468 e. The maximum absolute atomic E-state index is 11.6. The summed E-state index contributed by atoms with van der Waals surface area (Å²) >= 11 is 0. The van der Waals surface area contributed by atoms with E-state index in [2.05, 4.69) is 4.74 Å². The van der Waals surface area contributed by atoms with Gasteiger partial charge in [-0.2, -0.15) is 0 Å². The first-order valence-corrected chi connectivity index (χ1v) is 5.57. The van der Waals surface area contributed by atoms with Gasteiger partial charge < -0.3 is 13.9 Å². The molecule has 0 saturated carbocycles. The van der Waals surface area contributed by atoms with E-state index < -0.39 is 5.97 Å². The molecule has 1 heterocycles. The zero-order chi connectivity index (χ0) is 13.5. The lowest BCUT2D eigenvalue weighted by Gasteiger charge is -2.13. The highest BCUT2D eigenvalue weighted by molar-refractivity contribution is 5.90. The second kappa shape index (κ2) is 6.80. The molecular formula is C12H17NO5. The van der Waals surface area contributed by atoms with E-state index in [-0.39, 0.29) is 12.5 Å². The van der Waals surface area contributed by atoms with Crippen LogP contribution < -0.4 is 0 Å². The fourth-order valence-electron chi connectivity index (χ4n) is 1.44. The third-order valence-corrected chi connectivity index (χ3v) is 2.28. The van der Waals surface area contributed by atoms with Gasteiger partial charge in [0.25, 0.3) is 0 Å². The van der Waals surface area contributed by atoms with E-state index >= 15 is 0 Å². The number of esters is 2. The molecule has 1 aromatic rings. The third kappa shape index (κ3) is 3.89. The molecule has 0 spiro atoms. The van der Waals surface area contributed by atoms with E-state index in [0.29, 0.717) is 24.5 Å². The second-order valence-corrected chi connectivity index (χ2v) is 3.73. The predicted molar refractivity (Wildman–Crippen MR) is 63.0 cm³/mol. The molecule has 6 heteroatoms.